The molecule has 0 N–H and O–H groups in total. The lowest BCUT2D eigenvalue weighted by molar-refractivity contribution is 0.590. The second-order valence-electron chi connectivity index (χ2n) is 19.5. The van der Waals surface area contributed by atoms with Crippen LogP contribution in [0.3, 0.4) is 0 Å². The molecular weight excluding hydrogens is 673 g/mol. The zero-order chi connectivity index (χ0) is 38.5. The third-order valence-corrected chi connectivity index (χ3v) is 12.5. The van der Waals surface area contributed by atoms with Crippen LogP contribution in [0.25, 0.3) is 10.6 Å². The van der Waals surface area contributed by atoms with Crippen LogP contribution in [-0.2, 0) is 21.7 Å². The fraction of sp³-hybridized carbons (Fsp3) is 0.327. The number of hydrogen-bond donors (Lipinski definition) is 0. The molecule has 0 atom stereocenters. The molecule has 0 aliphatic carbocycles. The maximum atomic E-state index is 5.66. The molecule has 3 nitrogen and oxygen atoms in total. The number of nitrogens with zero attached hydrogens (tertiary/aromatic N) is 3. The fourth-order valence-corrected chi connectivity index (χ4v) is 9.17. The van der Waals surface area contributed by atoms with Crippen molar-refractivity contribution in [3.05, 3.63) is 131 Å². The van der Waals surface area contributed by atoms with E-state index in [1.165, 1.54) is 60.9 Å². The lowest BCUT2D eigenvalue weighted by atomic mass is 9.35. The van der Waals surface area contributed by atoms with Gasteiger partial charge in [0, 0.05) is 34.0 Å². The largest absolute Gasteiger partial charge is 0.311 e. The molecule has 0 saturated heterocycles. The minimum absolute atomic E-state index is 0.00558. The Balaban J connectivity index is 1.40. The number of rotatable bonds is 3. The number of fused-ring (bicyclic) bond motifs is 4. The second kappa shape index (κ2) is 12.5. The van der Waals surface area contributed by atoms with Crippen LogP contribution in [0.2, 0.25) is 0 Å². The molecule has 1 aromatic heterocycles. The summed E-state index contributed by atoms with van der Waals surface area (Å²) in [4.78, 5) is 10.6. The Bertz CT molecular complexity index is 2360. The van der Waals surface area contributed by atoms with Gasteiger partial charge in [-0.2, -0.15) is 0 Å². The summed E-state index contributed by atoms with van der Waals surface area (Å²) in [6.07, 6.45) is 0. The molecular formula is C49H54BN3S. The van der Waals surface area contributed by atoms with Crippen molar-refractivity contribution in [3.8, 4) is 10.6 Å². The number of anilines is 6. The van der Waals surface area contributed by atoms with E-state index in [0.29, 0.717) is 0 Å². The van der Waals surface area contributed by atoms with Gasteiger partial charge in [0.05, 0.1) is 5.59 Å². The summed E-state index contributed by atoms with van der Waals surface area (Å²) in [5.41, 5.74) is 16.4. The summed E-state index contributed by atoms with van der Waals surface area (Å²) >= 11 is 1.81. The standard InChI is InChI=1S/C49H54BN3S/c1-46(2,3)32-18-16-31(17-19-32)44-51-43-45(54-44)53(37-27-22-34(23-28-37)48(7,8)9)41-15-13-14-40-42(41)50(43)38-30-35(49(10,11)12)24-29-39(38)52(40)36-25-20-33(21-26-36)47(4,5)6/h13-30H,1-12H3. The summed E-state index contributed by atoms with van der Waals surface area (Å²) in [6.45, 7) is 27.5. The minimum Gasteiger partial charge on any atom is -0.311 e. The van der Waals surface area contributed by atoms with Crippen LogP contribution in [0.1, 0.15) is 105 Å². The van der Waals surface area contributed by atoms with Crippen molar-refractivity contribution in [1.82, 2.24) is 4.98 Å². The van der Waals surface area contributed by atoms with Gasteiger partial charge in [0.2, 0.25) is 0 Å². The van der Waals surface area contributed by atoms with Crippen molar-refractivity contribution in [2.45, 2.75) is 105 Å². The fourth-order valence-electron chi connectivity index (χ4n) is 8.03. The molecule has 274 valence electrons. The van der Waals surface area contributed by atoms with Crippen molar-refractivity contribution in [3.63, 3.8) is 0 Å². The molecule has 6 aromatic rings. The van der Waals surface area contributed by atoms with Gasteiger partial charge in [-0.1, -0.05) is 161 Å². The van der Waals surface area contributed by atoms with E-state index in [1.807, 2.05) is 11.3 Å². The lowest BCUT2D eigenvalue weighted by Crippen LogP contribution is -2.61. The quantitative estimate of drug-likeness (QED) is 0.169. The average molecular weight is 728 g/mol. The van der Waals surface area contributed by atoms with Crippen molar-refractivity contribution >= 4 is 68.0 Å². The molecule has 0 fully saturated rings. The van der Waals surface area contributed by atoms with Gasteiger partial charge in [-0.15, -0.1) is 0 Å². The predicted octanol–water partition coefficient (Wildman–Crippen LogP) is 12.1. The highest BCUT2D eigenvalue weighted by Crippen LogP contribution is 2.47. The van der Waals surface area contributed by atoms with Crippen LogP contribution in [0.5, 0.6) is 0 Å². The first-order chi connectivity index (χ1) is 25.3. The van der Waals surface area contributed by atoms with Gasteiger partial charge in [0.15, 0.2) is 0 Å². The summed E-state index contributed by atoms with van der Waals surface area (Å²) in [5, 5.41) is 2.25. The third kappa shape index (κ3) is 6.19. The molecule has 5 heteroatoms. The normalized spacial score (nSPS) is 14.2. The number of benzene rings is 5. The Hall–Kier alpha value is -4.61. The highest BCUT2D eigenvalue weighted by Gasteiger charge is 2.46. The van der Waals surface area contributed by atoms with Gasteiger partial charge < -0.3 is 9.80 Å². The molecule has 5 aromatic carbocycles. The molecule has 8 rings (SSSR count). The van der Waals surface area contributed by atoms with Gasteiger partial charge in [-0.3, -0.25) is 0 Å². The first-order valence-corrected chi connectivity index (χ1v) is 20.3. The highest BCUT2D eigenvalue weighted by molar-refractivity contribution is 7.22. The topological polar surface area (TPSA) is 19.4 Å². The van der Waals surface area contributed by atoms with Crippen LogP contribution in [-0.4, -0.2) is 11.7 Å². The van der Waals surface area contributed by atoms with Gasteiger partial charge in [-0.25, -0.2) is 4.98 Å². The number of aromatic nitrogens is 1. The molecule has 54 heavy (non-hydrogen) atoms. The van der Waals surface area contributed by atoms with E-state index in [-0.39, 0.29) is 28.4 Å². The molecule has 3 heterocycles. The van der Waals surface area contributed by atoms with Crippen LogP contribution in [0.4, 0.5) is 33.4 Å². The van der Waals surface area contributed by atoms with Crippen LogP contribution >= 0.6 is 11.3 Å². The molecule has 0 radical (unpaired) electrons. The molecule has 2 aliphatic rings. The van der Waals surface area contributed by atoms with Crippen molar-refractivity contribution in [1.29, 1.82) is 0 Å². The molecule has 0 unspecified atom stereocenters. The summed E-state index contributed by atoms with van der Waals surface area (Å²) < 4.78 is 0. The van der Waals surface area contributed by atoms with Crippen molar-refractivity contribution < 1.29 is 0 Å². The summed E-state index contributed by atoms with van der Waals surface area (Å²) in [7, 11) is 0. The molecule has 0 amide bonds. The van der Waals surface area contributed by atoms with E-state index in [9.17, 15) is 0 Å². The Labute approximate surface area is 328 Å². The number of thiazole rings is 1. The smallest absolute Gasteiger partial charge is 0.276 e. The monoisotopic (exact) mass is 727 g/mol. The maximum absolute atomic E-state index is 5.66. The maximum Gasteiger partial charge on any atom is 0.276 e. The van der Waals surface area contributed by atoms with E-state index < -0.39 is 0 Å². The molecule has 0 bridgehead atoms. The van der Waals surface area contributed by atoms with Crippen LogP contribution < -0.4 is 26.3 Å². The second-order valence-corrected chi connectivity index (χ2v) is 20.4. The number of hydrogen-bond acceptors (Lipinski definition) is 4. The first-order valence-electron chi connectivity index (χ1n) is 19.5. The van der Waals surface area contributed by atoms with Gasteiger partial charge in [0.1, 0.15) is 10.0 Å². The Kier molecular flexibility index (Phi) is 8.40. The summed E-state index contributed by atoms with van der Waals surface area (Å²) in [6, 6.07) is 41.6. The SMILES string of the molecule is CC(C)(C)c1ccc(-c2nc3c(s2)N(c2ccc(C(C)(C)C)cc2)c2cccc4c2B3c2cc(C(C)(C)C)ccc2N4c2ccc(C(C)(C)C)cc2)cc1. The van der Waals surface area contributed by atoms with Crippen LogP contribution in [0.15, 0.2) is 109 Å². The molecule has 2 aliphatic heterocycles. The van der Waals surface area contributed by atoms with Crippen LogP contribution in [0, 0.1) is 0 Å². The Morgan fingerprint density at radius 3 is 1.43 bits per heavy atom. The van der Waals surface area contributed by atoms with E-state index in [2.05, 4.69) is 202 Å². The Morgan fingerprint density at radius 2 is 0.926 bits per heavy atom. The van der Waals surface area contributed by atoms with E-state index in [4.69, 9.17) is 4.98 Å². The highest BCUT2D eigenvalue weighted by atomic mass is 32.1. The molecule has 0 saturated carbocycles. The Morgan fingerprint density at radius 1 is 0.481 bits per heavy atom. The zero-order valence-electron chi connectivity index (χ0n) is 34.2. The van der Waals surface area contributed by atoms with Gasteiger partial charge in [0.25, 0.3) is 6.71 Å². The zero-order valence-corrected chi connectivity index (χ0v) is 35.0. The minimum atomic E-state index is -0.0162. The van der Waals surface area contributed by atoms with Crippen molar-refractivity contribution in [2.75, 3.05) is 9.80 Å². The average Bonchev–Trinajstić information content (AvgIpc) is 3.55. The molecule has 0 spiro atoms. The van der Waals surface area contributed by atoms with Gasteiger partial charge >= 0.3 is 0 Å². The first kappa shape index (κ1) is 36.4. The summed E-state index contributed by atoms with van der Waals surface area (Å²) in [5.74, 6) is 0. The predicted molar refractivity (Wildman–Crippen MR) is 236 cm³/mol. The van der Waals surface area contributed by atoms with Gasteiger partial charge in [-0.05, 0) is 97.3 Å². The van der Waals surface area contributed by atoms with E-state index in [1.54, 1.807) is 0 Å². The van der Waals surface area contributed by atoms with E-state index >= 15 is 0 Å². The lowest BCUT2D eigenvalue weighted by Gasteiger charge is -2.42. The van der Waals surface area contributed by atoms with E-state index in [0.717, 1.165) is 21.9 Å². The third-order valence-electron chi connectivity index (χ3n) is 11.4. The van der Waals surface area contributed by atoms with Crippen molar-refractivity contribution in [2.24, 2.45) is 0 Å².